The molecule has 0 heterocycles. The Kier molecular flexibility index (Phi) is 5.45. The van der Waals surface area contributed by atoms with E-state index in [-0.39, 0.29) is 0 Å². The van der Waals surface area contributed by atoms with Crippen LogP contribution in [-0.4, -0.2) is 17.7 Å². The van der Waals surface area contributed by atoms with Crippen LogP contribution in [0.3, 0.4) is 0 Å². The summed E-state index contributed by atoms with van der Waals surface area (Å²) in [4.78, 5) is 0. The summed E-state index contributed by atoms with van der Waals surface area (Å²) in [6.07, 6.45) is 2.34. The standard InChI is InChI=1S/C14H22O3/c1-4-6-11-16-14(15,5-2)17-13-10-8-7-9-12(13)3/h7-10,15H,4-6,11H2,1-3H3. The molecule has 0 spiro atoms. The number of rotatable bonds is 7. The number of para-hydroxylation sites is 1. The number of hydrogen-bond acceptors (Lipinski definition) is 3. The summed E-state index contributed by atoms with van der Waals surface area (Å²) >= 11 is 0. The van der Waals surface area contributed by atoms with E-state index < -0.39 is 5.97 Å². The number of unbranched alkanes of at least 4 members (excludes halogenated alkanes) is 1. The van der Waals surface area contributed by atoms with Gasteiger partial charge in [0.05, 0.1) is 6.61 Å². The second-order valence-corrected chi connectivity index (χ2v) is 4.14. The monoisotopic (exact) mass is 238 g/mol. The zero-order chi connectivity index (χ0) is 12.7. The van der Waals surface area contributed by atoms with E-state index in [0.29, 0.717) is 18.8 Å². The summed E-state index contributed by atoms with van der Waals surface area (Å²) in [5, 5.41) is 10.2. The van der Waals surface area contributed by atoms with Gasteiger partial charge in [-0.15, -0.1) is 0 Å². The van der Waals surface area contributed by atoms with Crippen LogP contribution in [0.15, 0.2) is 24.3 Å². The zero-order valence-corrected chi connectivity index (χ0v) is 10.9. The van der Waals surface area contributed by atoms with E-state index in [0.717, 1.165) is 18.4 Å². The molecule has 0 amide bonds. The molecule has 0 saturated heterocycles. The van der Waals surface area contributed by atoms with E-state index in [1.165, 1.54) is 0 Å². The lowest BCUT2D eigenvalue weighted by molar-refractivity contribution is -0.321. The van der Waals surface area contributed by atoms with Crippen LogP contribution in [0, 0.1) is 6.92 Å². The van der Waals surface area contributed by atoms with Gasteiger partial charge in [-0.25, -0.2) is 0 Å². The molecule has 1 aromatic carbocycles. The van der Waals surface area contributed by atoms with Crippen molar-refractivity contribution in [3.63, 3.8) is 0 Å². The minimum atomic E-state index is -1.51. The smallest absolute Gasteiger partial charge is 0.324 e. The SMILES string of the molecule is CCCCOC(O)(CC)Oc1ccccc1C. The Morgan fingerprint density at radius 3 is 2.53 bits per heavy atom. The molecule has 0 aliphatic carbocycles. The number of aliphatic hydroxyl groups is 1. The van der Waals surface area contributed by atoms with Crippen molar-refractivity contribution in [3.05, 3.63) is 29.8 Å². The van der Waals surface area contributed by atoms with Crippen molar-refractivity contribution in [2.24, 2.45) is 0 Å². The van der Waals surface area contributed by atoms with Gasteiger partial charge in [-0.3, -0.25) is 0 Å². The van der Waals surface area contributed by atoms with Crippen molar-refractivity contribution >= 4 is 0 Å². The molecule has 0 fully saturated rings. The molecule has 0 aromatic heterocycles. The van der Waals surface area contributed by atoms with Gasteiger partial charge in [-0.1, -0.05) is 38.5 Å². The average molecular weight is 238 g/mol. The van der Waals surface area contributed by atoms with Gasteiger partial charge >= 0.3 is 5.97 Å². The summed E-state index contributed by atoms with van der Waals surface area (Å²) in [6.45, 7) is 6.37. The second kappa shape index (κ2) is 6.62. The summed E-state index contributed by atoms with van der Waals surface area (Å²) < 4.78 is 11.0. The Balaban J connectivity index is 2.65. The third-order valence-corrected chi connectivity index (χ3v) is 2.64. The summed E-state index contributed by atoms with van der Waals surface area (Å²) in [7, 11) is 0. The molecule has 1 unspecified atom stereocenters. The third-order valence-electron chi connectivity index (χ3n) is 2.64. The predicted molar refractivity (Wildman–Crippen MR) is 67.9 cm³/mol. The number of aryl methyl sites for hydroxylation is 1. The van der Waals surface area contributed by atoms with Crippen molar-refractivity contribution in [2.45, 2.75) is 46.0 Å². The van der Waals surface area contributed by atoms with Crippen LogP contribution in [0.1, 0.15) is 38.7 Å². The predicted octanol–water partition coefficient (Wildman–Crippen LogP) is 3.25. The fourth-order valence-electron chi connectivity index (χ4n) is 1.42. The fourth-order valence-corrected chi connectivity index (χ4v) is 1.42. The summed E-state index contributed by atoms with van der Waals surface area (Å²) in [5.41, 5.74) is 0.985. The quantitative estimate of drug-likeness (QED) is 0.585. The Bertz CT molecular complexity index is 338. The Morgan fingerprint density at radius 2 is 1.94 bits per heavy atom. The molecule has 0 radical (unpaired) electrons. The van der Waals surface area contributed by atoms with Gasteiger partial charge in [0.2, 0.25) is 0 Å². The van der Waals surface area contributed by atoms with Crippen LogP contribution in [-0.2, 0) is 4.74 Å². The maximum absolute atomic E-state index is 10.2. The van der Waals surface area contributed by atoms with Gasteiger partial charge in [-0.2, -0.15) is 0 Å². The maximum atomic E-state index is 10.2. The Morgan fingerprint density at radius 1 is 1.24 bits per heavy atom. The van der Waals surface area contributed by atoms with E-state index in [2.05, 4.69) is 6.92 Å². The Labute approximate surface area is 103 Å². The van der Waals surface area contributed by atoms with Gasteiger partial charge < -0.3 is 14.6 Å². The van der Waals surface area contributed by atoms with Crippen LogP contribution < -0.4 is 4.74 Å². The molecule has 17 heavy (non-hydrogen) atoms. The first-order valence-electron chi connectivity index (χ1n) is 6.22. The van der Waals surface area contributed by atoms with Crippen LogP contribution in [0.25, 0.3) is 0 Å². The highest BCUT2D eigenvalue weighted by Gasteiger charge is 2.28. The maximum Gasteiger partial charge on any atom is 0.324 e. The van der Waals surface area contributed by atoms with E-state index in [9.17, 15) is 5.11 Å². The van der Waals surface area contributed by atoms with Gasteiger partial charge in [0.1, 0.15) is 5.75 Å². The molecule has 1 atom stereocenters. The minimum Gasteiger partial charge on any atom is -0.439 e. The van der Waals surface area contributed by atoms with Crippen LogP contribution in [0.2, 0.25) is 0 Å². The van der Waals surface area contributed by atoms with Crippen LogP contribution in [0.4, 0.5) is 0 Å². The lowest BCUT2D eigenvalue weighted by Gasteiger charge is -2.28. The first-order valence-corrected chi connectivity index (χ1v) is 6.22. The topological polar surface area (TPSA) is 38.7 Å². The third kappa shape index (κ3) is 4.36. The van der Waals surface area contributed by atoms with E-state index in [4.69, 9.17) is 9.47 Å². The molecule has 0 saturated carbocycles. The molecule has 3 nitrogen and oxygen atoms in total. The van der Waals surface area contributed by atoms with E-state index >= 15 is 0 Å². The highest BCUT2D eigenvalue weighted by atomic mass is 16.8. The highest BCUT2D eigenvalue weighted by molar-refractivity contribution is 5.31. The van der Waals surface area contributed by atoms with Gasteiger partial charge in [0.15, 0.2) is 0 Å². The lowest BCUT2D eigenvalue weighted by Crippen LogP contribution is -2.38. The average Bonchev–Trinajstić information content (AvgIpc) is 2.33. The van der Waals surface area contributed by atoms with Crippen LogP contribution >= 0.6 is 0 Å². The molecule has 1 N–H and O–H groups in total. The first kappa shape index (κ1) is 14.0. The lowest BCUT2D eigenvalue weighted by atomic mass is 10.2. The number of hydrogen-bond donors (Lipinski definition) is 1. The van der Waals surface area contributed by atoms with E-state index in [1.807, 2.05) is 38.1 Å². The molecular formula is C14H22O3. The highest BCUT2D eigenvalue weighted by Crippen LogP contribution is 2.24. The fraction of sp³-hybridized carbons (Fsp3) is 0.571. The molecule has 96 valence electrons. The molecule has 0 aliphatic heterocycles. The molecular weight excluding hydrogens is 216 g/mol. The van der Waals surface area contributed by atoms with Crippen molar-refractivity contribution in [1.29, 1.82) is 0 Å². The zero-order valence-electron chi connectivity index (χ0n) is 10.9. The molecule has 1 aromatic rings. The van der Waals surface area contributed by atoms with Crippen molar-refractivity contribution in [2.75, 3.05) is 6.61 Å². The molecule has 0 bridgehead atoms. The van der Waals surface area contributed by atoms with E-state index in [1.54, 1.807) is 0 Å². The van der Waals surface area contributed by atoms with Gasteiger partial charge in [0.25, 0.3) is 0 Å². The van der Waals surface area contributed by atoms with Crippen molar-refractivity contribution in [1.82, 2.24) is 0 Å². The molecule has 1 rings (SSSR count). The molecule has 0 aliphatic rings. The summed E-state index contributed by atoms with van der Waals surface area (Å²) in [5.74, 6) is -0.852. The van der Waals surface area contributed by atoms with Gasteiger partial charge in [-0.05, 0) is 25.0 Å². The van der Waals surface area contributed by atoms with Crippen molar-refractivity contribution in [3.8, 4) is 5.75 Å². The summed E-state index contributed by atoms with van der Waals surface area (Å²) in [6, 6.07) is 7.59. The Hall–Kier alpha value is -1.06. The minimum absolute atomic E-state index is 0.394. The van der Waals surface area contributed by atoms with Gasteiger partial charge in [0, 0.05) is 6.42 Å². The number of ether oxygens (including phenoxy) is 2. The largest absolute Gasteiger partial charge is 0.439 e. The second-order valence-electron chi connectivity index (χ2n) is 4.14. The first-order chi connectivity index (χ1) is 8.11. The van der Waals surface area contributed by atoms with Crippen LogP contribution in [0.5, 0.6) is 5.75 Å². The number of benzene rings is 1. The molecule has 3 heteroatoms. The normalized spacial score (nSPS) is 14.4. The van der Waals surface area contributed by atoms with Crippen molar-refractivity contribution < 1.29 is 14.6 Å².